The number of aromatic carboxylic acids is 2. The van der Waals surface area contributed by atoms with Crippen LogP contribution >= 0.6 is 0 Å². The smallest absolute Gasteiger partial charge is 0.338 e. The molecule has 0 aliphatic rings. The van der Waals surface area contributed by atoms with Crippen molar-refractivity contribution < 1.29 is 38.9 Å². The van der Waals surface area contributed by atoms with Crippen LogP contribution in [-0.4, -0.2) is 47.3 Å². The number of carboxylic acids is 2. The largest absolute Gasteiger partial charge is 0.478 e. The monoisotopic (exact) mass is 612 g/mol. The van der Waals surface area contributed by atoms with Crippen LogP contribution in [0.4, 0.5) is 0 Å². The van der Waals surface area contributed by atoms with Gasteiger partial charge in [-0.05, 0) is 67.1 Å². The number of benzene rings is 2. The fourth-order valence-corrected chi connectivity index (χ4v) is 4.39. The van der Waals surface area contributed by atoms with Crippen molar-refractivity contribution in [1.29, 1.82) is 0 Å². The van der Waals surface area contributed by atoms with Gasteiger partial charge in [0, 0.05) is 0 Å². The second kappa shape index (κ2) is 22.8. The van der Waals surface area contributed by atoms with E-state index in [1.54, 1.807) is 24.3 Å². The summed E-state index contributed by atoms with van der Waals surface area (Å²) in [5.41, 5.74) is 0.907. The van der Waals surface area contributed by atoms with Crippen molar-refractivity contribution in [1.82, 2.24) is 0 Å². The van der Waals surface area contributed by atoms with E-state index in [0.717, 1.165) is 43.6 Å². The third kappa shape index (κ3) is 18.1. The summed E-state index contributed by atoms with van der Waals surface area (Å²) >= 11 is 0. The van der Waals surface area contributed by atoms with Crippen LogP contribution in [0.5, 0.6) is 0 Å². The highest BCUT2D eigenvalue weighted by atomic mass is 16.5. The molecule has 0 heterocycles. The zero-order chi connectivity index (χ0) is 32.7. The highest BCUT2D eigenvalue weighted by Crippen LogP contribution is 2.13. The van der Waals surface area contributed by atoms with E-state index >= 15 is 0 Å². The van der Waals surface area contributed by atoms with Gasteiger partial charge in [-0.25, -0.2) is 19.2 Å². The van der Waals surface area contributed by atoms with Gasteiger partial charge in [-0.2, -0.15) is 0 Å². The Kier molecular flexibility index (Phi) is 19.9. The number of unbranched alkanes of at least 4 members (excludes halogenated alkanes) is 8. The summed E-state index contributed by atoms with van der Waals surface area (Å²) in [6.45, 7) is 9.92. The van der Waals surface area contributed by atoms with Gasteiger partial charge in [-0.15, -0.1) is 0 Å². The summed E-state index contributed by atoms with van der Waals surface area (Å²) < 4.78 is 10.7. The predicted octanol–water partition coefficient (Wildman–Crippen LogP) is 9.08. The molecule has 2 N–H and O–H groups in total. The fraction of sp³-hybridized carbons (Fsp3) is 0.556. The predicted molar refractivity (Wildman–Crippen MR) is 172 cm³/mol. The van der Waals surface area contributed by atoms with Crippen molar-refractivity contribution in [3.05, 3.63) is 70.8 Å². The average molecular weight is 613 g/mol. The van der Waals surface area contributed by atoms with Gasteiger partial charge in [0.05, 0.1) is 35.5 Å². The zero-order valence-electron chi connectivity index (χ0n) is 27.0. The van der Waals surface area contributed by atoms with Crippen LogP contribution in [0.1, 0.15) is 146 Å². The molecule has 0 bridgehead atoms. The Morgan fingerprint density at radius 3 is 1.20 bits per heavy atom. The van der Waals surface area contributed by atoms with Gasteiger partial charge < -0.3 is 19.7 Å². The van der Waals surface area contributed by atoms with E-state index in [-0.39, 0.29) is 23.1 Å². The highest BCUT2D eigenvalue weighted by molar-refractivity contribution is 5.94. The number of ether oxygens (including phenoxy) is 2. The molecule has 0 saturated carbocycles. The lowest BCUT2D eigenvalue weighted by molar-refractivity contribution is 0.0483. The van der Waals surface area contributed by atoms with Crippen LogP contribution in [0.25, 0.3) is 0 Å². The van der Waals surface area contributed by atoms with Crippen LogP contribution in [0.2, 0.25) is 0 Å². The van der Waals surface area contributed by atoms with E-state index in [1.807, 2.05) is 0 Å². The molecule has 8 nitrogen and oxygen atoms in total. The molecule has 0 aromatic heterocycles. The molecule has 2 aromatic carbocycles. The van der Waals surface area contributed by atoms with E-state index in [4.69, 9.17) is 19.7 Å². The molecular formula is C36H52O8. The summed E-state index contributed by atoms with van der Waals surface area (Å²) in [4.78, 5) is 45.1. The summed E-state index contributed by atoms with van der Waals surface area (Å²) in [7, 11) is 0. The maximum Gasteiger partial charge on any atom is 0.338 e. The van der Waals surface area contributed by atoms with Crippen molar-refractivity contribution in [2.45, 2.75) is 105 Å². The van der Waals surface area contributed by atoms with E-state index in [0.29, 0.717) is 24.3 Å². The normalized spacial score (nSPS) is 10.7. The molecule has 0 atom stereocenters. The van der Waals surface area contributed by atoms with E-state index < -0.39 is 11.9 Å². The lowest BCUT2D eigenvalue weighted by Crippen LogP contribution is -2.09. The number of esters is 2. The van der Waals surface area contributed by atoms with Crippen LogP contribution < -0.4 is 0 Å². The molecule has 0 saturated heterocycles. The first-order valence-corrected chi connectivity index (χ1v) is 16.0. The van der Waals surface area contributed by atoms with Gasteiger partial charge in [0.15, 0.2) is 0 Å². The minimum atomic E-state index is -1.13. The Bertz CT molecular complexity index is 1040. The topological polar surface area (TPSA) is 127 Å². The Hall–Kier alpha value is -3.68. The van der Waals surface area contributed by atoms with Crippen LogP contribution in [0.3, 0.4) is 0 Å². The summed E-state index contributed by atoms with van der Waals surface area (Å²) in [6.07, 6.45) is 14.0. The van der Waals surface area contributed by atoms with Crippen molar-refractivity contribution in [3.63, 3.8) is 0 Å². The Morgan fingerprint density at radius 2 is 0.864 bits per heavy atom. The summed E-state index contributed by atoms with van der Waals surface area (Å²) in [6, 6.07) is 11.7. The molecule has 0 radical (unpaired) electrons. The Morgan fingerprint density at radius 1 is 0.523 bits per heavy atom. The molecule has 2 aromatic rings. The third-order valence-electron chi connectivity index (χ3n) is 7.03. The molecular weight excluding hydrogens is 560 g/mol. The van der Waals surface area contributed by atoms with E-state index in [9.17, 15) is 19.2 Å². The molecule has 8 heteroatoms. The van der Waals surface area contributed by atoms with Gasteiger partial charge in [0.2, 0.25) is 0 Å². The second-order valence-corrected chi connectivity index (χ2v) is 11.9. The van der Waals surface area contributed by atoms with Crippen molar-refractivity contribution >= 4 is 23.9 Å². The number of rotatable bonds is 20. The quantitative estimate of drug-likeness (QED) is 0.112. The van der Waals surface area contributed by atoms with Gasteiger partial charge in [0.1, 0.15) is 0 Å². The highest BCUT2D eigenvalue weighted by Gasteiger charge is 2.11. The molecule has 0 spiro atoms. The lowest BCUT2D eigenvalue weighted by Gasteiger charge is -2.07. The third-order valence-corrected chi connectivity index (χ3v) is 7.03. The molecule has 0 amide bonds. The minimum Gasteiger partial charge on any atom is -0.478 e. The van der Waals surface area contributed by atoms with Crippen LogP contribution in [0, 0.1) is 11.8 Å². The number of carboxylic acid groups (broad SMARTS) is 2. The molecule has 0 unspecified atom stereocenters. The fourth-order valence-electron chi connectivity index (χ4n) is 4.39. The zero-order valence-corrected chi connectivity index (χ0v) is 27.0. The van der Waals surface area contributed by atoms with E-state index in [2.05, 4.69) is 27.7 Å². The van der Waals surface area contributed by atoms with Gasteiger partial charge >= 0.3 is 23.9 Å². The molecule has 2 rings (SSSR count). The Balaban J connectivity index is 0.000000669. The first-order valence-electron chi connectivity index (χ1n) is 16.0. The number of carbonyl (C=O) groups is 4. The number of carbonyl (C=O) groups excluding carboxylic acids is 2. The van der Waals surface area contributed by atoms with Crippen LogP contribution in [0.15, 0.2) is 48.5 Å². The van der Waals surface area contributed by atoms with Gasteiger partial charge in [-0.1, -0.05) is 98.0 Å². The van der Waals surface area contributed by atoms with Crippen LogP contribution in [-0.2, 0) is 9.47 Å². The first-order chi connectivity index (χ1) is 21.0. The van der Waals surface area contributed by atoms with Crippen molar-refractivity contribution in [2.24, 2.45) is 11.8 Å². The molecule has 0 aliphatic heterocycles. The SMILES string of the molecule is CC(C)CCCCCCCOC(=O)c1ccc(C(=O)OCCCCCCCC(C)C)cc1.O=C(O)c1cccc(C(=O)O)c1. The lowest BCUT2D eigenvalue weighted by atomic mass is 10.0. The molecule has 0 aliphatic carbocycles. The molecule has 0 fully saturated rings. The second-order valence-electron chi connectivity index (χ2n) is 11.9. The maximum absolute atomic E-state index is 12.2. The van der Waals surface area contributed by atoms with E-state index in [1.165, 1.54) is 69.6 Å². The minimum absolute atomic E-state index is 0.0186. The summed E-state index contributed by atoms with van der Waals surface area (Å²) in [5.74, 6) is -1.36. The number of hydrogen-bond donors (Lipinski definition) is 2. The molecule has 44 heavy (non-hydrogen) atoms. The number of hydrogen-bond acceptors (Lipinski definition) is 6. The first kappa shape index (κ1) is 38.3. The maximum atomic E-state index is 12.2. The van der Waals surface area contributed by atoms with Crippen molar-refractivity contribution in [2.75, 3.05) is 13.2 Å². The average Bonchev–Trinajstić information content (AvgIpc) is 2.99. The molecule has 244 valence electrons. The van der Waals surface area contributed by atoms with Gasteiger partial charge in [-0.3, -0.25) is 0 Å². The summed E-state index contributed by atoms with van der Waals surface area (Å²) in [5, 5.41) is 17.0. The standard InChI is InChI=1S/C28H46O4.C8H6O4/c1-23(2)15-11-7-5-9-13-21-31-27(29)25-17-19-26(20-18-25)28(30)32-22-14-10-6-8-12-16-24(3)4;9-7(10)5-2-1-3-6(4-5)8(11)12/h17-20,23-24H,5-16,21-22H2,1-4H3;1-4H,(H,9,10)(H,11,12). The Labute approximate surface area is 263 Å². The van der Waals surface area contributed by atoms with Crippen molar-refractivity contribution in [3.8, 4) is 0 Å². The van der Waals surface area contributed by atoms with Gasteiger partial charge in [0.25, 0.3) is 0 Å².